The number of rotatable bonds is 5. The zero-order valence-corrected chi connectivity index (χ0v) is 14.4. The van der Waals surface area contributed by atoms with E-state index in [2.05, 4.69) is 11.6 Å². The number of benzene rings is 1. The van der Waals surface area contributed by atoms with E-state index in [1.165, 1.54) is 6.42 Å². The minimum absolute atomic E-state index is 0.0121. The number of amides is 2. The van der Waals surface area contributed by atoms with Crippen LogP contribution in [0.2, 0.25) is 0 Å². The number of thioether (sulfide) groups is 1. The van der Waals surface area contributed by atoms with Gasteiger partial charge in [0.1, 0.15) is 5.75 Å². The molecule has 2 rings (SSSR count). The summed E-state index contributed by atoms with van der Waals surface area (Å²) in [5, 5.41) is 13.2. The van der Waals surface area contributed by atoms with Gasteiger partial charge < -0.3 is 15.3 Å². The van der Waals surface area contributed by atoms with E-state index < -0.39 is 0 Å². The molecule has 0 bridgehead atoms. The van der Waals surface area contributed by atoms with Crippen molar-refractivity contribution in [3.05, 3.63) is 29.8 Å². The van der Waals surface area contributed by atoms with Crippen molar-refractivity contribution in [3.63, 3.8) is 0 Å². The number of likely N-dealkylation sites (N-methyl/N-ethyl adjacent to an activating group) is 1. The highest BCUT2D eigenvalue weighted by molar-refractivity contribution is 7.99. The van der Waals surface area contributed by atoms with E-state index in [0.717, 1.165) is 24.8 Å². The maximum absolute atomic E-state index is 12.3. The number of aromatic hydroxyl groups is 1. The van der Waals surface area contributed by atoms with Crippen LogP contribution in [0.5, 0.6) is 5.75 Å². The molecule has 0 saturated heterocycles. The molecule has 2 N–H and O–H groups in total. The number of urea groups is 1. The van der Waals surface area contributed by atoms with Gasteiger partial charge in [0.15, 0.2) is 0 Å². The molecule has 4 nitrogen and oxygen atoms in total. The number of nitrogens with one attached hydrogen (secondary N) is 1. The Morgan fingerprint density at radius 3 is 2.68 bits per heavy atom. The van der Waals surface area contributed by atoms with Gasteiger partial charge in [-0.1, -0.05) is 12.1 Å². The van der Waals surface area contributed by atoms with Crippen molar-refractivity contribution in [1.82, 2.24) is 10.2 Å². The summed E-state index contributed by atoms with van der Waals surface area (Å²) in [5.41, 5.74) is 1.12. The Balaban J connectivity index is 1.83. The molecule has 0 aromatic heterocycles. The number of phenolic OH excluding ortho intramolecular Hbond substituents is 1. The zero-order chi connectivity index (χ0) is 16.1. The van der Waals surface area contributed by atoms with Crippen LogP contribution in [0.25, 0.3) is 0 Å². The third-order valence-electron chi connectivity index (χ3n) is 4.49. The standard InChI is InChI=1S/C17H26N2O2S/c1-12(10-13-4-7-15(20)8-5-13)19(2)17(21)18-14-6-9-16(11-14)22-3/h4-5,7-8,12,14,16,20H,6,9-11H2,1-3H3,(H,18,21)/t12-,14-,16+/m0/s1. The van der Waals surface area contributed by atoms with Crippen LogP contribution in [-0.4, -0.2) is 46.7 Å². The Bertz CT molecular complexity index is 492. The highest BCUT2D eigenvalue weighted by Gasteiger charge is 2.27. The lowest BCUT2D eigenvalue weighted by molar-refractivity contribution is 0.190. The Morgan fingerprint density at radius 1 is 1.41 bits per heavy atom. The molecule has 5 heteroatoms. The van der Waals surface area contributed by atoms with Crippen molar-refractivity contribution >= 4 is 17.8 Å². The molecule has 122 valence electrons. The van der Waals surface area contributed by atoms with Crippen LogP contribution in [-0.2, 0) is 6.42 Å². The summed E-state index contributed by atoms with van der Waals surface area (Å²) >= 11 is 1.90. The predicted molar refractivity (Wildman–Crippen MR) is 92.5 cm³/mol. The largest absolute Gasteiger partial charge is 0.508 e. The lowest BCUT2D eigenvalue weighted by atomic mass is 10.1. The molecule has 1 aliphatic rings. The van der Waals surface area contributed by atoms with Crippen molar-refractivity contribution in [2.24, 2.45) is 0 Å². The molecule has 1 fully saturated rings. The second kappa shape index (κ2) is 7.77. The molecule has 3 atom stereocenters. The number of phenols is 1. The van der Waals surface area contributed by atoms with Gasteiger partial charge in [-0.2, -0.15) is 11.8 Å². The third-order valence-corrected chi connectivity index (χ3v) is 5.59. The summed E-state index contributed by atoms with van der Waals surface area (Å²) < 4.78 is 0. The SMILES string of the molecule is CS[C@@H]1CC[C@H](NC(=O)N(C)[C@@H](C)Cc2ccc(O)cc2)C1. The van der Waals surface area contributed by atoms with E-state index in [1.807, 2.05) is 37.9 Å². The van der Waals surface area contributed by atoms with Crippen LogP contribution in [0, 0.1) is 0 Å². The Hall–Kier alpha value is -1.36. The summed E-state index contributed by atoms with van der Waals surface area (Å²) in [4.78, 5) is 14.1. The molecule has 0 radical (unpaired) electrons. The lowest BCUT2D eigenvalue weighted by Gasteiger charge is -2.27. The van der Waals surface area contributed by atoms with Crippen molar-refractivity contribution in [3.8, 4) is 5.75 Å². The van der Waals surface area contributed by atoms with Gasteiger partial charge in [-0.25, -0.2) is 4.79 Å². The molecule has 0 spiro atoms. The lowest BCUT2D eigenvalue weighted by Crippen LogP contribution is -2.46. The van der Waals surface area contributed by atoms with Crippen molar-refractivity contribution in [2.75, 3.05) is 13.3 Å². The van der Waals surface area contributed by atoms with Gasteiger partial charge in [-0.3, -0.25) is 0 Å². The molecule has 1 aliphatic carbocycles. The Morgan fingerprint density at radius 2 is 2.09 bits per heavy atom. The first-order valence-electron chi connectivity index (χ1n) is 7.83. The van der Waals surface area contributed by atoms with Gasteiger partial charge >= 0.3 is 6.03 Å². The maximum atomic E-state index is 12.3. The van der Waals surface area contributed by atoms with Gasteiger partial charge in [0.2, 0.25) is 0 Å². The monoisotopic (exact) mass is 322 g/mol. The van der Waals surface area contributed by atoms with Crippen LogP contribution in [0.4, 0.5) is 4.79 Å². The van der Waals surface area contributed by atoms with E-state index in [0.29, 0.717) is 11.3 Å². The van der Waals surface area contributed by atoms with Gasteiger partial charge in [0, 0.05) is 24.4 Å². The van der Waals surface area contributed by atoms with Gasteiger partial charge in [0.05, 0.1) is 0 Å². The number of carbonyl (C=O) groups excluding carboxylic acids is 1. The first-order chi connectivity index (χ1) is 10.5. The second-order valence-corrected chi connectivity index (χ2v) is 7.29. The van der Waals surface area contributed by atoms with E-state index in [9.17, 15) is 9.90 Å². The van der Waals surface area contributed by atoms with E-state index in [-0.39, 0.29) is 17.8 Å². The average molecular weight is 322 g/mol. The first-order valence-corrected chi connectivity index (χ1v) is 9.12. The zero-order valence-electron chi connectivity index (χ0n) is 13.6. The molecular weight excluding hydrogens is 296 g/mol. The summed E-state index contributed by atoms with van der Waals surface area (Å²) in [6.45, 7) is 2.05. The molecular formula is C17H26N2O2S. The topological polar surface area (TPSA) is 52.6 Å². The van der Waals surface area contributed by atoms with E-state index in [1.54, 1.807) is 17.0 Å². The molecule has 1 aromatic carbocycles. The van der Waals surface area contributed by atoms with Gasteiger partial charge in [-0.15, -0.1) is 0 Å². The molecule has 0 aliphatic heterocycles. The van der Waals surface area contributed by atoms with Crippen LogP contribution in [0.3, 0.4) is 0 Å². The van der Waals surface area contributed by atoms with Crippen LogP contribution in [0.15, 0.2) is 24.3 Å². The van der Waals surface area contributed by atoms with Crippen LogP contribution in [0.1, 0.15) is 31.7 Å². The van der Waals surface area contributed by atoms with Gasteiger partial charge in [0.25, 0.3) is 0 Å². The fourth-order valence-electron chi connectivity index (χ4n) is 2.87. The number of nitrogens with zero attached hydrogens (tertiary/aromatic N) is 1. The maximum Gasteiger partial charge on any atom is 0.317 e. The fourth-order valence-corrected chi connectivity index (χ4v) is 3.67. The molecule has 22 heavy (non-hydrogen) atoms. The molecule has 1 saturated carbocycles. The highest BCUT2D eigenvalue weighted by Crippen LogP contribution is 2.28. The van der Waals surface area contributed by atoms with Crippen molar-refractivity contribution in [1.29, 1.82) is 0 Å². The van der Waals surface area contributed by atoms with Crippen LogP contribution < -0.4 is 5.32 Å². The summed E-state index contributed by atoms with van der Waals surface area (Å²) in [5.74, 6) is 0.270. The third kappa shape index (κ3) is 4.57. The smallest absolute Gasteiger partial charge is 0.317 e. The van der Waals surface area contributed by atoms with Crippen molar-refractivity contribution < 1.29 is 9.90 Å². The number of hydrogen-bond donors (Lipinski definition) is 2. The summed E-state index contributed by atoms with van der Waals surface area (Å²) in [6.07, 6.45) is 6.27. The van der Waals surface area contributed by atoms with Gasteiger partial charge in [-0.05, 0) is 56.6 Å². The Labute approximate surface area is 137 Å². The normalized spacial score (nSPS) is 22.3. The predicted octanol–water partition coefficient (Wildman–Crippen LogP) is 3.25. The van der Waals surface area contributed by atoms with E-state index >= 15 is 0 Å². The number of carbonyl (C=O) groups is 1. The minimum Gasteiger partial charge on any atom is -0.508 e. The van der Waals surface area contributed by atoms with E-state index in [4.69, 9.17) is 0 Å². The molecule has 1 aromatic rings. The summed E-state index contributed by atoms with van der Waals surface area (Å²) in [7, 11) is 1.85. The molecule has 0 heterocycles. The Kier molecular flexibility index (Phi) is 6.00. The second-order valence-electron chi connectivity index (χ2n) is 6.15. The minimum atomic E-state index is 0.0121. The average Bonchev–Trinajstić information content (AvgIpc) is 2.96. The molecule has 2 amide bonds. The first kappa shape index (κ1) is 17.0. The number of hydrogen-bond acceptors (Lipinski definition) is 3. The highest BCUT2D eigenvalue weighted by atomic mass is 32.2. The summed E-state index contributed by atoms with van der Waals surface area (Å²) in [6, 6.07) is 7.61. The quantitative estimate of drug-likeness (QED) is 0.875. The fraction of sp³-hybridized carbons (Fsp3) is 0.588. The van der Waals surface area contributed by atoms with Crippen LogP contribution >= 0.6 is 11.8 Å². The van der Waals surface area contributed by atoms with Crippen molar-refractivity contribution in [2.45, 2.75) is 49.9 Å². The molecule has 0 unspecified atom stereocenters.